The fraction of sp³-hybridized carbons (Fsp3) is 0.133. The van der Waals surface area contributed by atoms with E-state index in [1.54, 1.807) is 12.4 Å². The first kappa shape index (κ1) is 11.0. The molecule has 2 aromatic heterocycles. The minimum Gasteiger partial charge on any atom is -0.392 e. The molecule has 0 saturated carbocycles. The lowest BCUT2D eigenvalue weighted by Crippen LogP contribution is -1.98. The average Bonchev–Trinajstić information content (AvgIpc) is 2.82. The summed E-state index contributed by atoms with van der Waals surface area (Å²) in [5.74, 6) is 0. The molecule has 0 aliphatic heterocycles. The van der Waals surface area contributed by atoms with E-state index in [9.17, 15) is 5.11 Å². The summed E-state index contributed by atoms with van der Waals surface area (Å²) in [7, 11) is 0. The SMILES string of the molecule is OCc1ccc2ccn(Cc3ccncc3)c2c1. The van der Waals surface area contributed by atoms with Crippen molar-refractivity contribution in [1.29, 1.82) is 0 Å². The fourth-order valence-corrected chi connectivity index (χ4v) is 2.15. The van der Waals surface area contributed by atoms with Gasteiger partial charge in [-0.1, -0.05) is 12.1 Å². The van der Waals surface area contributed by atoms with Gasteiger partial charge in [-0.25, -0.2) is 0 Å². The second kappa shape index (κ2) is 4.63. The second-order valence-electron chi connectivity index (χ2n) is 4.35. The van der Waals surface area contributed by atoms with E-state index in [1.165, 1.54) is 10.9 Å². The van der Waals surface area contributed by atoms with E-state index < -0.39 is 0 Å². The Morgan fingerprint density at radius 2 is 1.83 bits per heavy atom. The number of aliphatic hydroxyl groups excluding tert-OH is 1. The summed E-state index contributed by atoms with van der Waals surface area (Å²) in [4.78, 5) is 4.02. The van der Waals surface area contributed by atoms with Crippen LogP contribution in [0.15, 0.2) is 55.0 Å². The number of pyridine rings is 1. The summed E-state index contributed by atoms with van der Waals surface area (Å²) < 4.78 is 2.18. The molecule has 0 aliphatic carbocycles. The van der Waals surface area contributed by atoms with Crippen molar-refractivity contribution in [1.82, 2.24) is 9.55 Å². The predicted molar refractivity (Wildman–Crippen MR) is 71.2 cm³/mol. The first-order valence-corrected chi connectivity index (χ1v) is 5.94. The molecule has 0 amide bonds. The van der Waals surface area contributed by atoms with Crippen LogP contribution >= 0.6 is 0 Å². The van der Waals surface area contributed by atoms with Gasteiger partial charge in [0.2, 0.25) is 0 Å². The van der Waals surface area contributed by atoms with Crippen molar-refractivity contribution in [2.24, 2.45) is 0 Å². The molecule has 18 heavy (non-hydrogen) atoms. The highest BCUT2D eigenvalue weighted by molar-refractivity contribution is 5.80. The topological polar surface area (TPSA) is 38.0 Å². The normalized spacial score (nSPS) is 10.9. The first-order chi connectivity index (χ1) is 8.86. The van der Waals surface area contributed by atoms with Crippen LogP contribution in [0.2, 0.25) is 0 Å². The number of rotatable bonds is 3. The molecule has 0 atom stereocenters. The summed E-state index contributed by atoms with van der Waals surface area (Å²) in [5, 5.41) is 10.4. The molecule has 3 aromatic rings. The molecule has 0 fully saturated rings. The molecule has 0 bridgehead atoms. The lowest BCUT2D eigenvalue weighted by Gasteiger charge is -2.06. The Balaban J connectivity index is 2.01. The zero-order valence-corrected chi connectivity index (χ0v) is 9.95. The van der Waals surface area contributed by atoms with Crippen LogP contribution < -0.4 is 0 Å². The molecule has 0 unspecified atom stereocenters. The van der Waals surface area contributed by atoms with Gasteiger partial charge in [0, 0.05) is 30.7 Å². The quantitative estimate of drug-likeness (QED) is 0.761. The Bertz CT molecular complexity index is 659. The van der Waals surface area contributed by atoms with Gasteiger partial charge in [0.1, 0.15) is 0 Å². The second-order valence-corrected chi connectivity index (χ2v) is 4.35. The summed E-state index contributed by atoms with van der Waals surface area (Å²) in [5.41, 5.74) is 3.31. The zero-order valence-electron chi connectivity index (χ0n) is 9.95. The van der Waals surface area contributed by atoms with Crippen molar-refractivity contribution >= 4 is 10.9 Å². The molecule has 1 N–H and O–H groups in total. The highest BCUT2D eigenvalue weighted by Gasteiger charge is 2.02. The summed E-state index contributed by atoms with van der Waals surface area (Å²) >= 11 is 0. The van der Waals surface area contributed by atoms with E-state index in [0.29, 0.717) is 0 Å². The van der Waals surface area contributed by atoms with Gasteiger partial charge >= 0.3 is 0 Å². The van der Waals surface area contributed by atoms with Crippen molar-refractivity contribution in [3.8, 4) is 0 Å². The number of hydrogen-bond donors (Lipinski definition) is 1. The number of hydrogen-bond acceptors (Lipinski definition) is 2. The van der Waals surface area contributed by atoms with Crippen LogP contribution in [0.5, 0.6) is 0 Å². The third-order valence-electron chi connectivity index (χ3n) is 3.12. The fourth-order valence-electron chi connectivity index (χ4n) is 2.15. The van der Waals surface area contributed by atoms with Crippen LogP contribution in [-0.2, 0) is 13.2 Å². The highest BCUT2D eigenvalue weighted by atomic mass is 16.3. The van der Waals surface area contributed by atoms with Crippen LogP contribution in [0.4, 0.5) is 0 Å². The Labute approximate surface area is 105 Å². The predicted octanol–water partition coefficient (Wildman–Crippen LogP) is 2.58. The van der Waals surface area contributed by atoms with Crippen molar-refractivity contribution in [3.05, 3.63) is 66.1 Å². The molecule has 3 nitrogen and oxygen atoms in total. The van der Waals surface area contributed by atoms with Crippen LogP contribution in [-0.4, -0.2) is 14.7 Å². The number of aromatic nitrogens is 2. The zero-order chi connectivity index (χ0) is 12.4. The van der Waals surface area contributed by atoms with Crippen molar-refractivity contribution in [2.45, 2.75) is 13.2 Å². The first-order valence-electron chi connectivity index (χ1n) is 5.94. The Hall–Kier alpha value is -2.13. The van der Waals surface area contributed by atoms with E-state index >= 15 is 0 Å². The maximum atomic E-state index is 9.20. The molecular formula is C15H14N2O. The Kier molecular flexibility index (Phi) is 2.82. The van der Waals surface area contributed by atoms with Crippen LogP contribution in [0.25, 0.3) is 10.9 Å². The van der Waals surface area contributed by atoms with Crippen molar-refractivity contribution < 1.29 is 5.11 Å². The van der Waals surface area contributed by atoms with E-state index in [1.807, 2.05) is 30.3 Å². The van der Waals surface area contributed by atoms with Gasteiger partial charge in [0.15, 0.2) is 0 Å². The molecule has 0 radical (unpaired) electrons. The Morgan fingerprint density at radius 1 is 1.00 bits per heavy atom. The molecule has 3 heteroatoms. The minimum atomic E-state index is 0.0797. The van der Waals surface area contributed by atoms with Gasteiger partial charge in [-0.05, 0) is 40.8 Å². The standard InChI is InChI=1S/C15H14N2O/c18-11-13-1-2-14-5-8-17(15(14)9-13)10-12-3-6-16-7-4-12/h1-9,18H,10-11H2. The summed E-state index contributed by atoms with van der Waals surface area (Å²) in [6.45, 7) is 0.900. The third-order valence-corrected chi connectivity index (χ3v) is 3.12. The third kappa shape index (κ3) is 2.00. The monoisotopic (exact) mass is 238 g/mol. The molecule has 1 aromatic carbocycles. The number of benzene rings is 1. The Morgan fingerprint density at radius 3 is 2.61 bits per heavy atom. The molecule has 90 valence electrons. The van der Waals surface area contributed by atoms with Crippen LogP contribution in [0, 0.1) is 0 Å². The van der Waals surface area contributed by atoms with Gasteiger partial charge < -0.3 is 9.67 Å². The molecule has 0 spiro atoms. The number of fused-ring (bicyclic) bond motifs is 1. The minimum absolute atomic E-state index is 0.0797. The molecule has 3 rings (SSSR count). The highest BCUT2D eigenvalue weighted by Crippen LogP contribution is 2.19. The van der Waals surface area contributed by atoms with Gasteiger partial charge in [0.05, 0.1) is 6.61 Å². The number of nitrogens with zero attached hydrogens (tertiary/aromatic N) is 2. The van der Waals surface area contributed by atoms with Crippen molar-refractivity contribution in [2.75, 3.05) is 0 Å². The molecule has 0 saturated heterocycles. The summed E-state index contributed by atoms with van der Waals surface area (Å²) in [6, 6.07) is 12.2. The van der Waals surface area contributed by atoms with Gasteiger partial charge in [-0.3, -0.25) is 4.98 Å². The van der Waals surface area contributed by atoms with Crippen molar-refractivity contribution in [3.63, 3.8) is 0 Å². The van der Waals surface area contributed by atoms with Gasteiger partial charge in [-0.2, -0.15) is 0 Å². The van der Waals surface area contributed by atoms with E-state index in [-0.39, 0.29) is 6.61 Å². The van der Waals surface area contributed by atoms with Gasteiger partial charge in [0.25, 0.3) is 0 Å². The summed E-state index contributed by atoms with van der Waals surface area (Å²) in [6.07, 6.45) is 5.69. The number of aliphatic hydroxyl groups is 1. The maximum absolute atomic E-state index is 9.20. The molecular weight excluding hydrogens is 224 g/mol. The van der Waals surface area contributed by atoms with Crippen LogP contribution in [0.1, 0.15) is 11.1 Å². The molecule has 2 heterocycles. The maximum Gasteiger partial charge on any atom is 0.0682 e. The molecule has 0 aliphatic rings. The smallest absolute Gasteiger partial charge is 0.0682 e. The van der Waals surface area contributed by atoms with Gasteiger partial charge in [-0.15, -0.1) is 0 Å². The van der Waals surface area contributed by atoms with E-state index in [0.717, 1.165) is 17.6 Å². The average molecular weight is 238 g/mol. The lowest BCUT2D eigenvalue weighted by atomic mass is 10.2. The lowest BCUT2D eigenvalue weighted by molar-refractivity contribution is 0.282. The van der Waals surface area contributed by atoms with Crippen LogP contribution in [0.3, 0.4) is 0 Å². The van der Waals surface area contributed by atoms with E-state index in [4.69, 9.17) is 0 Å². The largest absolute Gasteiger partial charge is 0.392 e. The van der Waals surface area contributed by atoms with E-state index in [2.05, 4.69) is 21.8 Å².